The van der Waals surface area contributed by atoms with Gasteiger partial charge in [-0.15, -0.1) is 0 Å². The monoisotopic (exact) mass is 260 g/mol. The van der Waals surface area contributed by atoms with Gasteiger partial charge in [0, 0.05) is 11.7 Å². The Labute approximate surface area is 115 Å². The topological polar surface area (TPSA) is 55.1 Å². The molecule has 1 heterocycles. The molecule has 0 saturated carbocycles. The molecule has 1 amide bonds. The van der Waals surface area contributed by atoms with Crippen molar-refractivity contribution in [1.29, 1.82) is 0 Å². The molecule has 1 aliphatic heterocycles. The van der Waals surface area contributed by atoms with Gasteiger partial charge in [-0.3, -0.25) is 4.79 Å². The van der Waals surface area contributed by atoms with E-state index in [9.17, 15) is 4.79 Å². The zero-order valence-corrected chi connectivity index (χ0v) is 12.3. The van der Waals surface area contributed by atoms with Gasteiger partial charge in [-0.1, -0.05) is 32.4 Å². The lowest BCUT2D eigenvalue weighted by molar-refractivity contribution is -0.119. The zero-order valence-electron chi connectivity index (χ0n) is 12.3. The van der Waals surface area contributed by atoms with Gasteiger partial charge in [0.25, 0.3) is 0 Å². The first-order valence-electron chi connectivity index (χ1n) is 7.09. The number of benzene rings is 1. The second-order valence-electron chi connectivity index (χ2n) is 6.18. The fraction of sp³-hybridized carbons (Fsp3) is 0.562. The van der Waals surface area contributed by atoms with Gasteiger partial charge >= 0.3 is 0 Å². The Bertz CT molecular complexity index is 494. The van der Waals surface area contributed by atoms with Gasteiger partial charge in [0.15, 0.2) is 0 Å². The zero-order chi connectivity index (χ0) is 14.2. The maximum atomic E-state index is 11.9. The Morgan fingerprint density at radius 2 is 2.05 bits per heavy atom. The first-order valence-corrected chi connectivity index (χ1v) is 7.09. The van der Waals surface area contributed by atoms with Crippen molar-refractivity contribution in [2.24, 2.45) is 11.7 Å². The lowest BCUT2D eigenvalue weighted by Crippen LogP contribution is -2.27. The minimum Gasteiger partial charge on any atom is -0.325 e. The number of amides is 1. The summed E-state index contributed by atoms with van der Waals surface area (Å²) in [6.45, 7) is 8.28. The smallest absolute Gasteiger partial charge is 0.234 e. The number of fused-ring (bicyclic) bond motifs is 1. The third-order valence-corrected chi connectivity index (χ3v) is 4.27. The predicted molar refractivity (Wildman–Crippen MR) is 79.1 cm³/mol. The molecule has 0 saturated heterocycles. The van der Waals surface area contributed by atoms with E-state index in [4.69, 9.17) is 5.73 Å². The van der Waals surface area contributed by atoms with Crippen LogP contribution in [0.1, 0.15) is 57.7 Å². The first kappa shape index (κ1) is 14.1. The van der Waals surface area contributed by atoms with E-state index in [-0.39, 0.29) is 11.9 Å². The summed E-state index contributed by atoms with van der Waals surface area (Å²) in [5, 5.41) is 2.93. The maximum absolute atomic E-state index is 11.9. The second-order valence-corrected chi connectivity index (χ2v) is 6.18. The van der Waals surface area contributed by atoms with Crippen molar-refractivity contribution in [2.45, 2.75) is 52.0 Å². The van der Waals surface area contributed by atoms with Gasteiger partial charge in [-0.05, 0) is 43.4 Å². The predicted octanol–water partition coefficient (Wildman–Crippen LogP) is 3.35. The summed E-state index contributed by atoms with van der Waals surface area (Å²) in [6.07, 6.45) is 2.27. The van der Waals surface area contributed by atoms with Gasteiger partial charge < -0.3 is 11.1 Å². The Kier molecular flexibility index (Phi) is 3.68. The largest absolute Gasteiger partial charge is 0.325 e. The maximum Gasteiger partial charge on any atom is 0.234 e. The van der Waals surface area contributed by atoms with Crippen molar-refractivity contribution in [1.82, 2.24) is 0 Å². The van der Waals surface area contributed by atoms with E-state index in [1.165, 1.54) is 0 Å². The van der Waals surface area contributed by atoms with Crippen molar-refractivity contribution >= 4 is 11.6 Å². The summed E-state index contributed by atoms with van der Waals surface area (Å²) < 4.78 is 0. The van der Waals surface area contributed by atoms with Gasteiger partial charge in [0.1, 0.15) is 0 Å². The van der Waals surface area contributed by atoms with Crippen LogP contribution in [0, 0.1) is 5.92 Å². The number of carbonyl (C=O) groups is 1. The third kappa shape index (κ3) is 2.39. The summed E-state index contributed by atoms with van der Waals surface area (Å²) in [5.74, 6) is 0.519. The molecular weight excluding hydrogens is 236 g/mol. The lowest BCUT2D eigenvalue weighted by atomic mass is 9.83. The molecule has 3 heteroatoms. The van der Waals surface area contributed by atoms with Crippen LogP contribution in [0.5, 0.6) is 0 Å². The lowest BCUT2D eigenvalue weighted by Gasteiger charge is -2.22. The van der Waals surface area contributed by atoms with Crippen LogP contribution in [0.2, 0.25) is 0 Å². The highest BCUT2D eigenvalue weighted by molar-refractivity contribution is 6.05. The van der Waals surface area contributed by atoms with Crippen molar-refractivity contribution in [3.63, 3.8) is 0 Å². The molecule has 0 aliphatic carbocycles. The standard InChI is InChI=1S/C16H24N2O/c1-5-6-10(2)14(17)11-7-8-13-12(9-11)16(3,4)15(19)18-13/h7-10,14H,5-6,17H2,1-4H3,(H,18,19). The average molecular weight is 260 g/mol. The van der Waals surface area contributed by atoms with Crippen molar-refractivity contribution in [2.75, 3.05) is 5.32 Å². The molecule has 1 aliphatic rings. The number of hydrogen-bond donors (Lipinski definition) is 2. The summed E-state index contributed by atoms with van der Waals surface area (Å²) >= 11 is 0. The summed E-state index contributed by atoms with van der Waals surface area (Å²) in [5.41, 5.74) is 9.00. The quantitative estimate of drug-likeness (QED) is 0.872. The fourth-order valence-corrected chi connectivity index (χ4v) is 2.76. The number of carbonyl (C=O) groups excluding carboxylic acids is 1. The molecule has 1 aromatic carbocycles. The number of anilines is 1. The van der Waals surface area contributed by atoms with Crippen LogP contribution in [0.4, 0.5) is 5.69 Å². The summed E-state index contributed by atoms with van der Waals surface area (Å²) in [7, 11) is 0. The normalized spacial score (nSPS) is 19.7. The van der Waals surface area contributed by atoms with E-state index >= 15 is 0 Å². The van der Waals surface area contributed by atoms with Crippen LogP contribution in [0.15, 0.2) is 18.2 Å². The highest BCUT2D eigenvalue weighted by Gasteiger charge is 2.38. The van der Waals surface area contributed by atoms with Crippen LogP contribution in [-0.2, 0) is 10.2 Å². The molecule has 2 unspecified atom stereocenters. The number of rotatable bonds is 4. The third-order valence-electron chi connectivity index (χ3n) is 4.27. The fourth-order valence-electron chi connectivity index (χ4n) is 2.76. The van der Waals surface area contributed by atoms with Gasteiger partial charge in [0.05, 0.1) is 5.41 Å². The van der Waals surface area contributed by atoms with Crippen molar-refractivity contribution in [3.05, 3.63) is 29.3 Å². The van der Waals surface area contributed by atoms with E-state index in [0.717, 1.165) is 29.7 Å². The molecule has 104 valence electrons. The molecule has 1 aromatic rings. The minimum atomic E-state index is -0.459. The van der Waals surface area contributed by atoms with Crippen LogP contribution in [0.3, 0.4) is 0 Å². The molecule has 0 spiro atoms. The molecule has 2 rings (SSSR count). The van der Waals surface area contributed by atoms with E-state index in [2.05, 4.69) is 25.2 Å². The van der Waals surface area contributed by atoms with Crippen LogP contribution in [0.25, 0.3) is 0 Å². The Hall–Kier alpha value is -1.35. The Morgan fingerprint density at radius 1 is 1.37 bits per heavy atom. The Balaban J connectivity index is 2.32. The summed E-state index contributed by atoms with van der Waals surface area (Å²) in [4.78, 5) is 11.9. The van der Waals surface area contributed by atoms with Gasteiger partial charge in [-0.25, -0.2) is 0 Å². The highest BCUT2D eigenvalue weighted by atomic mass is 16.2. The van der Waals surface area contributed by atoms with Crippen LogP contribution < -0.4 is 11.1 Å². The number of hydrogen-bond acceptors (Lipinski definition) is 2. The molecular formula is C16H24N2O. The molecule has 3 nitrogen and oxygen atoms in total. The number of nitrogens with one attached hydrogen (secondary N) is 1. The van der Waals surface area contributed by atoms with E-state index in [1.54, 1.807) is 0 Å². The highest BCUT2D eigenvalue weighted by Crippen LogP contribution is 2.39. The molecule has 0 aromatic heterocycles. The van der Waals surface area contributed by atoms with Crippen molar-refractivity contribution in [3.8, 4) is 0 Å². The van der Waals surface area contributed by atoms with Crippen LogP contribution in [-0.4, -0.2) is 5.91 Å². The van der Waals surface area contributed by atoms with E-state index < -0.39 is 5.41 Å². The van der Waals surface area contributed by atoms with E-state index in [0.29, 0.717) is 5.92 Å². The minimum absolute atomic E-state index is 0.0387. The number of nitrogens with two attached hydrogens (primary N) is 1. The Morgan fingerprint density at radius 3 is 2.68 bits per heavy atom. The SMILES string of the molecule is CCCC(C)C(N)c1ccc2c(c1)C(C)(C)C(=O)N2. The molecule has 0 radical (unpaired) electrons. The second kappa shape index (κ2) is 4.97. The van der Waals surface area contributed by atoms with Gasteiger partial charge in [0.2, 0.25) is 5.91 Å². The first-order chi connectivity index (χ1) is 8.87. The average Bonchev–Trinajstić information content (AvgIpc) is 2.59. The molecule has 2 atom stereocenters. The summed E-state index contributed by atoms with van der Waals surface area (Å²) in [6, 6.07) is 6.16. The van der Waals surface area contributed by atoms with Gasteiger partial charge in [-0.2, -0.15) is 0 Å². The molecule has 3 N–H and O–H groups in total. The molecule has 0 bridgehead atoms. The van der Waals surface area contributed by atoms with E-state index in [1.807, 2.05) is 26.0 Å². The molecule has 0 fully saturated rings. The van der Waals surface area contributed by atoms with Crippen LogP contribution >= 0.6 is 0 Å². The molecule has 19 heavy (non-hydrogen) atoms. The van der Waals surface area contributed by atoms with Crippen molar-refractivity contribution < 1.29 is 4.79 Å².